The summed E-state index contributed by atoms with van der Waals surface area (Å²) in [5.41, 5.74) is 0. The van der Waals surface area contributed by atoms with Gasteiger partial charge < -0.3 is 9.26 Å². The van der Waals surface area contributed by atoms with E-state index in [1.807, 2.05) is 30.3 Å². The van der Waals surface area contributed by atoms with Gasteiger partial charge in [0.05, 0.1) is 7.11 Å². The molecule has 5 heteroatoms. The second-order valence-electron chi connectivity index (χ2n) is 3.77. The number of ether oxygens (including phenoxy) is 1. The highest BCUT2D eigenvalue weighted by Gasteiger charge is 2.26. The lowest BCUT2D eigenvalue weighted by molar-refractivity contribution is 0.411. The molecule has 0 amide bonds. The zero-order valence-corrected chi connectivity index (χ0v) is 11.8. The molecule has 2 rings (SSSR count). The number of benzene rings is 2. The van der Waals surface area contributed by atoms with E-state index in [1.165, 1.54) is 7.11 Å². The van der Waals surface area contributed by atoms with Gasteiger partial charge in [0.2, 0.25) is 0 Å². The summed E-state index contributed by atoms with van der Waals surface area (Å²) < 4.78 is 23.3. The summed E-state index contributed by atoms with van der Waals surface area (Å²) >= 11 is 0. The minimum absolute atomic E-state index is 0. The molecule has 3 nitrogen and oxygen atoms in total. The van der Waals surface area contributed by atoms with E-state index in [4.69, 9.17) is 9.26 Å². The van der Waals surface area contributed by atoms with E-state index in [0.717, 1.165) is 5.75 Å². The van der Waals surface area contributed by atoms with Crippen LogP contribution in [0.5, 0.6) is 5.75 Å². The number of rotatable bonds is 4. The third kappa shape index (κ3) is 3.09. The van der Waals surface area contributed by atoms with Crippen molar-refractivity contribution in [3.05, 3.63) is 54.6 Å². The first-order chi connectivity index (χ1) is 8.70. The average Bonchev–Trinajstić information content (AvgIpc) is 2.47. The van der Waals surface area contributed by atoms with Crippen LogP contribution in [-0.4, -0.2) is 22.6 Å². The summed E-state index contributed by atoms with van der Waals surface area (Å²) in [6.45, 7) is 0. The Balaban J connectivity index is 0.00000180. The van der Waals surface area contributed by atoms with Gasteiger partial charge in [-0.3, -0.25) is 4.57 Å². The maximum absolute atomic E-state index is 12.9. The summed E-state index contributed by atoms with van der Waals surface area (Å²) in [7, 11) is 0.0787. The first-order valence-electron chi connectivity index (χ1n) is 5.57. The van der Waals surface area contributed by atoms with E-state index >= 15 is 0 Å². The summed E-state index contributed by atoms with van der Waals surface area (Å²) in [5, 5.41) is 1.36. The second kappa shape index (κ2) is 6.60. The lowest BCUT2D eigenvalue weighted by atomic mass is 10.3. The molecular formula is C14H15BO3P. The van der Waals surface area contributed by atoms with Crippen molar-refractivity contribution in [3.8, 4) is 5.75 Å². The first kappa shape index (κ1) is 15.6. The molecule has 0 bridgehead atoms. The van der Waals surface area contributed by atoms with Crippen molar-refractivity contribution in [2.24, 2.45) is 0 Å². The van der Waals surface area contributed by atoms with Crippen LogP contribution >= 0.6 is 7.37 Å². The number of hydrogen-bond donors (Lipinski definition) is 0. The van der Waals surface area contributed by atoms with Crippen LogP contribution in [0.3, 0.4) is 0 Å². The molecule has 0 heterocycles. The quantitative estimate of drug-likeness (QED) is 0.632. The molecule has 1 atom stereocenters. The van der Waals surface area contributed by atoms with Crippen LogP contribution in [0.1, 0.15) is 0 Å². The van der Waals surface area contributed by atoms with Gasteiger partial charge in [0.1, 0.15) is 5.75 Å². The topological polar surface area (TPSA) is 35.5 Å². The van der Waals surface area contributed by atoms with E-state index in [9.17, 15) is 4.57 Å². The Kier molecular flexibility index (Phi) is 5.40. The van der Waals surface area contributed by atoms with Crippen molar-refractivity contribution in [1.29, 1.82) is 0 Å². The fraction of sp³-hybridized carbons (Fsp3) is 0.143. The van der Waals surface area contributed by atoms with Gasteiger partial charge in [0.25, 0.3) is 7.37 Å². The molecule has 2 aromatic rings. The lowest BCUT2D eigenvalue weighted by Crippen LogP contribution is -2.16. The molecule has 0 aliphatic carbocycles. The van der Waals surface area contributed by atoms with Crippen LogP contribution in [0.15, 0.2) is 54.6 Å². The SMILES string of the molecule is COc1ccc(P(=O)(OC)c2ccccc2)cc1.[B]. The zero-order chi connectivity index (χ0) is 13.0. The summed E-state index contributed by atoms with van der Waals surface area (Å²) in [4.78, 5) is 0. The van der Waals surface area contributed by atoms with Crippen LogP contribution in [0.25, 0.3) is 0 Å². The average molecular weight is 273 g/mol. The van der Waals surface area contributed by atoms with Gasteiger partial charge in [0.15, 0.2) is 0 Å². The van der Waals surface area contributed by atoms with Gasteiger partial charge in [-0.1, -0.05) is 18.2 Å². The maximum Gasteiger partial charge on any atom is 0.261 e. The molecule has 2 aromatic carbocycles. The molecule has 0 spiro atoms. The molecule has 19 heavy (non-hydrogen) atoms. The van der Waals surface area contributed by atoms with Crippen LogP contribution in [0.2, 0.25) is 0 Å². The predicted molar refractivity (Wildman–Crippen MR) is 79.1 cm³/mol. The molecule has 0 saturated carbocycles. The molecule has 0 aromatic heterocycles. The Labute approximate surface area is 115 Å². The van der Waals surface area contributed by atoms with Crippen molar-refractivity contribution in [2.45, 2.75) is 0 Å². The van der Waals surface area contributed by atoms with E-state index in [1.54, 1.807) is 31.4 Å². The van der Waals surface area contributed by atoms with E-state index in [2.05, 4.69) is 0 Å². The van der Waals surface area contributed by atoms with Crippen molar-refractivity contribution in [3.63, 3.8) is 0 Å². The molecular weight excluding hydrogens is 258 g/mol. The Bertz CT molecular complexity index is 555. The minimum Gasteiger partial charge on any atom is -0.497 e. The largest absolute Gasteiger partial charge is 0.497 e. The molecule has 3 radical (unpaired) electrons. The van der Waals surface area contributed by atoms with Crippen LogP contribution < -0.4 is 15.3 Å². The maximum atomic E-state index is 12.9. The molecule has 0 aliphatic heterocycles. The lowest BCUT2D eigenvalue weighted by Gasteiger charge is -2.17. The molecule has 1 unspecified atom stereocenters. The third-order valence-electron chi connectivity index (χ3n) is 2.77. The Hall–Kier alpha value is -1.51. The van der Waals surface area contributed by atoms with Crippen molar-refractivity contribution < 1.29 is 13.8 Å². The highest BCUT2D eigenvalue weighted by Crippen LogP contribution is 2.43. The van der Waals surface area contributed by atoms with E-state index in [-0.39, 0.29) is 8.41 Å². The van der Waals surface area contributed by atoms with Crippen LogP contribution in [0, 0.1) is 0 Å². The first-order valence-corrected chi connectivity index (χ1v) is 7.19. The highest BCUT2D eigenvalue weighted by molar-refractivity contribution is 7.74. The molecule has 0 N–H and O–H groups in total. The predicted octanol–water partition coefficient (Wildman–Crippen LogP) is 2.19. The summed E-state index contributed by atoms with van der Waals surface area (Å²) in [6, 6.07) is 16.3. The summed E-state index contributed by atoms with van der Waals surface area (Å²) in [6.07, 6.45) is 0. The van der Waals surface area contributed by atoms with Gasteiger partial charge in [-0.05, 0) is 36.4 Å². The summed E-state index contributed by atoms with van der Waals surface area (Å²) in [5.74, 6) is 0.731. The van der Waals surface area contributed by atoms with Gasteiger partial charge in [-0.2, -0.15) is 0 Å². The fourth-order valence-electron chi connectivity index (χ4n) is 1.76. The van der Waals surface area contributed by atoms with Crippen LogP contribution in [0.4, 0.5) is 0 Å². The van der Waals surface area contributed by atoms with Gasteiger partial charge in [-0.25, -0.2) is 0 Å². The minimum atomic E-state index is -2.99. The number of methoxy groups -OCH3 is 1. The zero-order valence-electron chi connectivity index (χ0n) is 10.9. The Morgan fingerprint density at radius 2 is 1.37 bits per heavy atom. The van der Waals surface area contributed by atoms with Gasteiger partial charge in [0, 0.05) is 26.1 Å². The molecule has 0 saturated heterocycles. The van der Waals surface area contributed by atoms with Gasteiger partial charge in [-0.15, -0.1) is 0 Å². The van der Waals surface area contributed by atoms with Crippen LogP contribution in [-0.2, 0) is 9.09 Å². The van der Waals surface area contributed by atoms with Gasteiger partial charge >= 0.3 is 0 Å². The normalized spacial score (nSPS) is 13.2. The molecule has 97 valence electrons. The standard InChI is InChI=1S/C14H15O3P.B/c1-16-12-8-10-14(11-9-12)18(15,17-2)13-6-4-3-5-7-13;/h3-11H,1-2H3;. The smallest absolute Gasteiger partial charge is 0.261 e. The monoisotopic (exact) mass is 273 g/mol. The van der Waals surface area contributed by atoms with E-state index in [0.29, 0.717) is 10.6 Å². The Morgan fingerprint density at radius 3 is 1.84 bits per heavy atom. The van der Waals surface area contributed by atoms with Crippen molar-refractivity contribution >= 4 is 26.4 Å². The molecule has 0 aliphatic rings. The second-order valence-corrected chi connectivity index (χ2v) is 6.27. The van der Waals surface area contributed by atoms with Crippen molar-refractivity contribution in [1.82, 2.24) is 0 Å². The fourth-order valence-corrected chi connectivity index (χ4v) is 3.59. The highest BCUT2D eigenvalue weighted by atomic mass is 31.2. The Morgan fingerprint density at radius 1 is 0.842 bits per heavy atom. The number of hydrogen-bond acceptors (Lipinski definition) is 3. The van der Waals surface area contributed by atoms with E-state index < -0.39 is 7.37 Å². The van der Waals surface area contributed by atoms with Crippen molar-refractivity contribution in [2.75, 3.05) is 14.2 Å². The molecule has 0 fully saturated rings. The third-order valence-corrected chi connectivity index (χ3v) is 5.24.